The molecule has 1 aliphatic rings. The Kier molecular flexibility index (Phi) is 7.03. The summed E-state index contributed by atoms with van der Waals surface area (Å²) in [6.07, 6.45) is 1.69. The predicted molar refractivity (Wildman–Crippen MR) is 90.9 cm³/mol. The van der Waals surface area contributed by atoms with Crippen molar-refractivity contribution in [1.29, 1.82) is 0 Å². The first-order valence-electron chi connectivity index (χ1n) is 6.73. The van der Waals surface area contributed by atoms with Gasteiger partial charge in [0.1, 0.15) is 0 Å². The number of pyridine rings is 1. The maximum absolute atomic E-state index is 12.5. The molecule has 3 rings (SSSR count). The Morgan fingerprint density at radius 2 is 2.18 bits per heavy atom. The number of aromatic nitrogens is 1. The van der Waals surface area contributed by atoms with Gasteiger partial charge in [0.05, 0.1) is 18.2 Å². The molecule has 0 radical (unpaired) electrons. The van der Waals surface area contributed by atoms with Gasteiger partial charge in [0.15, 0.2) is 0 Å². The Labute approximate surface area is 141 Å². The summed E-state index contributed by atoms with van der Waals surface area (Å²) in [6.45, 7) is 2.15. The number of carbonyl (C=O) groups excluding carboxylic acids is 1. The highest BCUT2D eigenvalue weighted by atomic mass is 35.5. The van der Waals surface area contributed by atoms with Crippen molar-refractivity contribution in [3.8, 4) is 0 Å². The van der Waals surface area contributed by atoms with E-state index in [0.717, 1.165) is 10.9 Å². The molecule has 1 atom stereocenters. The summed E-state index contributed by atoms with van der Waals surface area (Å²) in [5.74, 6) is 0.0255. The van der Waals surface area contributed by atoms with Crippen molar-refractivity contribution in [3.05, 3.63) is 42.1 Å². The van der Waals surface area contributed by atoms with Gasteiger partial charge in [0.25, 0.3) is 5.91 Å². The Morgan fingerprint density at radius 3 is 2.95 bits per heavy atom. The molecule has 1 aromatic carbocycles. The minimum atomic E-state index is -0.0603. The molecule has 7 heteroatoms. The normalized spacial score (nSPS) is 17.5. The van der Waals surface area contributed by atoms with Gasteiger partial charge in [-0.1, -0.05) is 6.07 Å². The molecule has 0 aliphatic carbocycles. The average molecular weight is 344 g/mol. The summed E-state index contributed by atoms with van der Waals surface area (Å²) < 4.78 is 5.48. The lowest BCUT2D eigenvalue weighted by molar-refractivity contribution is -0.0167. The van der Waals surface area contributed by atoms with Gasteiger partial charge in [-0.25, -0.2) is 0 Å². The standard InChI is InChI=1S/C15H17N3O2.2ClH/c16-9-13-10-18(6-7-20-13)15(19)12-3-4-14-11(8-12)2-1-5-17-14;;/h1-5,8,13H,6-7,9-10,16H2;2*1H. The molecule has 1 fully saturated rings. The van der Waals surface area contributed by atoms with Gasteiger partial charge in [-0.2, -0.15) is 0 Å². The van der Waals surface area contributed by atoms with E-state index < -0.39 is 0 Å². The van der Waals surface area contributed by atoms with Crippen LogP contribution in [0.15, 0.2) is 36.5 Å². The van der Waals surface area contributed by atoms with Crippen LogP contribution >= 0.6 is 24.8 Å². The van der Waals surface area contributed by atoms with Crippen LogP contribution in [0, 0.1) is 0 Å². The monoisotopic (exact) mass is 343 g/mol. The average Bonchev–Trinajstić information content (AvgIpc) is 2.53. The second-order valence-electron chi connectivity index (χ2n) is 4.89. The fourth-order valence-electron chi connectivity index (χ4n) is 2.44. The molecule has 1 aliphatic heterocycles. The number of hydrogen-bond acceptors (Lipinski definition) is 4. The van der Waals surface area contributed by atoms with Crippen LogP contribution < -0.4 is 5.73 Å². The number of rotatable bonds is 2. The maximum Gasteiger partial charge on any atom is 0.254 e. The van der Waals surface area contributed by atoms with Crippen molar-refractivity contribution in [2.75, 3.05) is 26.2 Å². The van der Waals surface area contributed by atoms with Gasteiger partial charge < -0.3 is 15.4 Å². The largest absolute Gasteiger partial charge is 0.373 e. The third-order valence-electron chi connectivity index (χ3n) is 3.54. The topological polar surface area (TPSA) is 68.5 Å². The van der Waals surface area contributed by atoms with Crippen molar-refractivity contribution >= 4 is 41.6 Å². The number of hydrogen-bond donors (Lipinski definition) is 1. The molecule has 0 spiro atoms. The summed E-state index contributed by atoms with van der Waals surface area (Å²) >= 11 is 0. The summed E-state index contributed by atoms with van der Waals surface area (Å²) in [5.41, 5.74) is 7.19. The predicted octanol–water partition coefficient (Wildman–Crippen LogP) is 1.88. The summed E-state index contributed by atoms with van der Waals surface area (Å²) in [4.78, 5) is 18.6. The number of amides is 1. The Hall–Kier alpha value is -1.40. The van der Waals surface area contributed by atoms with E-state index in [-0.39, 0.29) is 36.8 Å². The first-order valence-corrected chi connectivity index (χ1v) is 6.73. The molecule has 5 nitrogen and oxygen atoms in total. The van der Waals surface area contributed by atoms with Crippen LogP contribution in [0.1, 0.15) is 10.4 Å². The van der Waals surface area contributed by atoms with E-state index in [2.05, 4.69) is 4.98 Å². The van der Waals surface area contributed by atoms with E-state index in [1.54, 1.807) is 11.1 Å². The van der Waals surface area contributed by atoms with Crippen molar-refractivity contribution in [2.45, 2.75) is 6.10 Å². The molecule has 0 bridgehead atoms. The van der Waals surface area contributed by atoms with E-state index >= 15 is 0 Å². The van der Waals surface area contributed by atoms with Gasteiger partial charge in [0.2, 0.25) is 0 Å². The van der Waals surface area contributed by atoms with E-state index in [9.17, 15) is 4.79 Å². The smallest absolute Gasteiger partial charge is 0.254 e. The molecule has 2 heterocycles. The first kappa shape index (κ1) is 18.6. The molecule has 2 aromatic rings. The van der Waals surface area contributed by atoms with Crippen LogP contribution in [-0.2, 0) is 4.74 Å². The van der Waals surface area contributed by atoms with Gasteiger partial charge in [-0.3, -0.25) is 9.78 Å². The Morgan fingerprint density at radius 1 is 1.36 bits per heavy atom. The van der Waals surface area contributed by atoms with Crippen molar-refractivity contribution in [2.24, 2.45) is 5.73 Å². The maximum atomic E-state index is 12.5. The third kappa shape index (κ3) is 3.87. The fourth-order valence-corrected chi connectivity index (χ4v) is 2.44. The number of benzene rings is 1. The van der Waals surface area contributed by atoms with Gasteiger partial charge >= 0.3 is 0 Å². The third-order valence-corrected chi connectivity index (χ3v) is 3.54. The van der Waals surface area contributed by atoms with E-state index in [0.29, 0.717) is 31.8 Å². The zero-order valence-electron chi connectivity index (χ0n) is 12.0. The highest BCUT2D eigenvalue weighted by molar-refractivity contribution is 5.98. The zero-order chi connectivity index (χ0) is 13.9. The first-order chi connectivity index (χ1) is 9.78. The lowest BCUT2D eigenvalue weighted by Crippen LogP contribution is -2.48. The van der Waals surface area contributed by atoms with Crippen molar-refractivity contribution in [1.82, 2.24) is 9.88 Å². The number of halogens is 2. The second-order valence-corrected chi connectivity index (χ2v) is 4.89. The number of ether oxygens (including phenoxy) is 1. The molecule has 22 heavy (non-hydrogen) atoms. The van der Waals surface area contributed by atoms with Gasteiger partial charge in [0, 0.05) is 36.8 Å². The highest BCUT2D eigenvalue weighted by Gasteiger charge is 2.24. The minimum absolute atomic E-state index is 0. The molecule has 0 saturated carbocycles. The van der Waals surface area contributed by atoms with E-state index in [1.165, 1.54) is 0 Å². The lowest BCUT2D eigenvalue weighted by Gasteiger charge is -2.32. The molecule has 1 amide bonds. The summed E-state index contributed by atoms with van der Waals surface area (Å²) in [7, 11) is 0. The quantitative estimate of drug-likeness (QED) is 0.903. The van der Waals surface area contributed by atoms with E-state index in [1.807, 2.05) is 30.3 Å². The number of carbonyl (C=O) groups is 1. The number of fused-ring (bicyclic) bond motifs is 1. The second kappa shape index (κ2) is 8.29. The number of morpholine rings is 1. The summed E-state index contributed by atoms with van der Waals surface area (Å²) in [6, 6.07) is 9.42. The van der Waals surface area contributed by atoms with Crippen LogP contribution in [0.3, 0.4) is 0 Å². The molecular formula is C15H19Cl2N3O2. The zero-order valence-corrected chi connectivity index (χ0v) is 13.6. The molecule has 1 unspecified atom stereocenters. The van der Waals surface area contributed by atoms with Gasteiger partial charge in [-0.15, -0.1) is 24.8 Å². The number of nitrogens with two attached hydrogens (primary N) is 1. The Bertz CT molecular complexity index is 639. The van der Waals surface area contributed by atoms with Crippen LogP contribution in [0.5, 0.6) is 0 Å². The van der Waals surface area contributed by atoms with E-state index in [4.69, 9.17) is 10.5 Å². The number of nitrogens with zero attached hydrogens (tertiary/aromatic N) is 2. The van der Waals surface area contributed by atoms with Crippen molar-refractivity contribution in [3.63, 3.8) is 0 Å². The lowest BCUT2D eigenvalue weighted by atomic mass is 10.1. The van der Waals surface area contributed by atoms with Crippen LogP contribution in [-0.4, -0.2) is 48.1 Å². The molecule has 120 valence electrons. The van der Waals surface area contributed by atoms with Crippen LogP contribution in [0.25, 0.3) is 10.9 Å². The Balaban J connectivity index is 0.00000121. The molecular weight excluding hydrogens is 325 g/mol. The molecule has 1 saturated heterocycles. The van der Waals surface area contributed by atoms with Gasteiger partial charge in [-0.05, 0) is 24.3 Å². The SMILES string of the molecule is Cl.Cl.NCC1CN(C(=O)c2ccc3ncccc3c2)CCO1. The minimum Gasteiger partial charge on any atom is -0.373 e. The van der Waals surface area contributed by atoms with Crippen molar-refractivity contribution < 1.29 is 9.53 Å². The van der Waals surface area contributed by atoms with Crippen LogP contribution in [0.2, 0.25) is 0 Å². The highest BCUT2D eigenvalue weighted by Crippen LogP contribution is 2.16. The van der Waals surface area contributed by atoms with Crippen LogP contribution in [0.4, 0.5) is 0 Å². The molecule has 1 aromatic heterocycles. The summed E-state index contributed by atoms with van der Waals surface area (Å²) in [5, 5.41) is 0.974. The molecule has 2 N–H and O–H groups in total. The fraction of sp³-hybridized carbons (Fsp3) is 0.333.